The highest BCUT2D eigenvalue weighted by atomic mass is 31.2. The highest BCUT2D eigenvalue weighted by Crippen LogP contribution is 2.38. The third-order valence-electron chi connectivity index (χ3n) is 13.7. The number of likely N-dealkylation sites (N-methyl/N-ethyl adjacent to an activating group) is 1. The Morgan fingerprint density at radius 1 is 0.515 bits per heavy atom. The molecule has 0 radical (unpaired) electrons. The van der Waals surface area contributed by atoms with E-state index in [4.69, 9.17) is 9.05 Å². The Morgan fingerprint density at radius 2 is 0.853 bits per heavy atom. The minimum absolute atomic E-state index is 0.0140. The number of allylic oxidation sites excluding steroid dienone is 4. The quantitative estimate of drug-likeness (QED) is 0.0272. The number of unbranched alkanes of at least 4 members (excludes halogenated alkanes) is 38. The van der Waals surface area contributed by atoms with Crippen molar-refractivity contribution in [1.29, 1.82) is 0 Å². The Labute approximate surface area is 424 Å². The topological polar surface area (TPSA) is 108 Å². The molecule has 1 amide bonds. The van der Waals surface area contributed by atoms with Crippen molar-refractivity contribution in [2.24, 2.45) is 0 Å². The highest BCUT2D eigenvalue weighted by Gasteiger charge is 2.24. The summed E-state index contributed by atoms with van der Waals surface area (Å²) in [5.74, 6) is -0.162. The molecular weight excluding hydrogens is 864 g/mol. The zero-order valence-corrected chi connectivity index (χ0v) is 47.0. The standard InChI is InChI=1S/C59H117N2O6P/c1-6-8-10-12-14-16-18-19-20-21-22-23-24-25-26-27-28-29-30-31-32-33-34-35-36-37-38-39-40-41-43-45-47-49-51-53-59(63)60-57(56-67-68(64,65)66-55-54-61(3,4)5)58(62)52-50-48-46-44-42-17-15-13-11-9-7-2/h24-25,27-28,57-58,62H,6-23,26,29-56H2,1-5H3,(H-,60,63,64,65)/b25-24-,28-27-. The number of rotatable bonds is 55. The molecule has 0 aromatic rings. The molecule has 68 heavy (non-hydrogen) atoms. The average Bonchev–Trinajstić information content (AvgIpc) is 3.30. The molecule has 0 fully saturated rings. The van der Waals surface area contributed by atoms with Gasteiger partial charge in [-0.2, -0.15) is 0 Å². The molecule has 0 aliphatic rings. The van der Waals surface area contributed by atoms with Crippen LogP contribution in [0.3, 0.4) is 0 Å². The molecule has 8 nitrogen and oxygen atoms in total. The van der Waals surface area contributed by atoms with Crippen LogP contribution in [0.5, 0.6) is 0 Å². The molecule has 0 aromatic heterocycles. The molecule has 3 unspecified atom stereocenters. The second kappa shape index (κ2) is 50.9. The first-order valence-corrected chi connectivity index (χ1v) is 31.1. The van der Waals surface area contributed by atoms with E-state index < -0.39 is 20.0 Å². The third-order valence-corrected chi connectivity index (χ3v) is 14.7. The van der Waals surface area contributed by atoms with Crippen LogP contribution >= 0.6 is 7.82 Å². The van der Waals surface area contributed by atoms with E-state index in [2.05, 4.69) is 43.5 Å². The first kappa shape index (κ1) is 67.0. The largest absolute Gasteiger partial charge is 0.756 e. The van der Waals surface area contributed by atoms with Gasteiger partial charge in [0.05, 0.1) is 39.9 Å². The number of hydrogen-bond acceptors (Lipinski definition) is 6. The molecular formula is C59H117N2O6P. The third kappa shape index (κ3) is 52.8. The number of nitrogens with one attached hydrogen (secondary N) is 1. The van der Waals surface area contributed by atoms with Crippen molar-refractivity contribution in [3.63, 3.8) is 0 Å². The summed E-state index contributed by atoms with van der Waals surface area (Å²) < 4.78 is 23.3. The Hall–Kier alpha value is -1.02. The minimum atomic E-state index is -4.56. The van der Waals surface area contributed by atoms with Crippen LogP contribution in [0.2, 0.25) is 0 Å². The smallest absolute Gasteiger partial charge is 0.268 e. The van der Waals surface area contributed by atoms with Crippen LogP contribution in [-0.2, 0) is 18.4 Å². The molecule has 0 aliphatic heterocycles. The van der Waals surface area contributed by atoms with Crippen LogP contribution in [0, 0.1) is 0 Å². The SMILES string of the molecule is CCCCCCCCCCCCC/C=C\C/C=C\CCCCCCCCCCCCCCCCCCCC(=O)NC(COP(=O)([O-])OCC[N+](C)(C)C)C(O)CCCCCCCCCCCCC. The van der Waals surface area contributed by atoms with Crippen molar-refractivity contribution in [2.45, 2.75) is 309 Å². The van der Waals surface area contributed by atoms with E-state index in [1.54, 1.807) is 0 Å². The number of phosphoric ester groups is 1. The predicted molar refractivity (Wildman–Crippen MR) is 293 cm³/mol. The lowest BCUT2D eigenvalue weighted by molar-refractivity contribution is -0.870. The van der Waals surface area contributed by atoms with Crippen molar-refractivity contribution < 1.29 is 32.9 Å². The van der Waals surface area contributed by atoms with Gasteiger partial charge in [-0.3, -0.25) is 9.36 Å². The van der Waals surface area contributed by atoms with Crippen molar-refractivity contribution >= 4 is 13.7 Å². The number of aliphatic hydroxyl groups excluding tert-OH is 1. The van der Waals surface area contributed by atoms with Gasteiger partial charge >= 0.3 is 0 Å². The van der Waals surface area contributed by atoms with E-state index in [1.807, 2.05) is 21.1 Å². The van der Waals surface area contributed by atoms with Gasteiger partial charge in [0.1, 0.15) is 13.2 Å². The molecule has 404 valence electrons. The number of hydrogen-bond donors (Lipinski definition) is 2. The summed E-state index contributed by atoms with van der Waals surface area (Å²) in [6, 6.07) is -0.797. The summed E-state index contributed by atoms with van der Waals surface area (Å²) in [6.45, 7) is 4.74. The Bertz CT molecular complexity index is 1160. The number of aliphatic hydroxyl groups is 1. The molecule has 0 bridgehead atoms. The van der Waals surface area contributed by atoms with Crippen molar-refractivity contribution in [3.05, 3.63) is 24.3 Å². The molecule has 3 atom stereocenters. The summed E-state index contributed by atoms with van der Waals surface area (Å²) in [4.78, 5) is 25.4. The second-order valence-electron chi connectivity index (χ2n) is 21.7. The number of amides is 1. The Morgan fingerprint density at radius 3 is 1.22 bits per heavy atom. The van der Waals surface area contributed by atoms with Gasteiger partial charge in [0, 0.05) is 6.42 Å². The van der Waals surface area contributed by atoms with Crippen LogP contribution in [0.25, 0.3) is 0 Å². The van der Waals surface area contributed by atoms with E-state index in [-0.39, 0.29) is 19.1 Å². The number of quaternary nitrogens is 1. The molecule has 9 heteroatoms. The monoisotopic (exact) mass is 981 g/mol. The first-order valence-electron chi connectivity index (χ1n) is 29.7. The number of nitrogens with zero attached hydrogens (tertiary/aromatic N) is 1. The van der Waals surface area contributed by atoms with Gasteiger partial charge < -0.3 is 28.8 Å². The van der Waals surface area contributed by atoms with Gasteiger partial charge in [-0.1, -0.05) is 269 Å². The van der Waals surface area contributed by atoms with Crippen molar-refractivity contribution in [1.82, 2.24) is 5.32 Å². The first-order chi connectivity index (χ1) is 33.0. The van der Waals surface area contributed by atoms with Gasteiger partial charge in [0.15, 0.2) is 0 Å². The van der Waals surface area contributed by atoms with Crippen LogP contribution in [0.4, 0.5) is 0 Å². The molecule has 0 aromatic carbocycles. The molecule has 0 heterocycles. The maximum absolute atomic E-state index is 12.9. The fourth-order valence-corrected chi connectivity index (χ4v) is 9.74. The fourth-order valence-electron chi connectivity index (χ4n) is 9.01. The lowest BCUT2D eigenvalue weighted by Crippen LogP contribution is -2.46. The van der Waals surface area contributed by atoms with Crippen LogP contribution in [0.1, 0.15) is 296 Å². The summed E-state index contributed by atoms with van der Waals surface area (Å²) in [6.07, 6.45) is 63.8. The predicted octanol–water partition coefficient (Wildman–Crippen LogP) is 17.4. The Balaban J connectivity index is 3.90. The summed E-state index contributed by atoms with van der Waals surface area (Å²) >= 11 is 0. The van der Waals surface area contributed by atoms with Gasteiger partial charge in [-0.15, -0.1) is 0 Å². The zero-order valence-electron chi connectivity index (χ0n) is 46.1. The fraction of sp³-hybridized carbons (Fsp3) is 0.915. The van der Waals surface area contributed by atoms with E-state index in [0.29, 0.717) is 23.9 Å². The number of carbonyl (C=O) groups excluding carboxylic acids is 1. The highest BCUT2D eigenvalue weighted by molar-refractivity contribution is 7.45. The van der Waals surface area contributed by atoms with Crippen LogP contribution in [-0.4, -0.2) is 68.5 Å². The molecule has 0 rings (SSSR count). The van der Waals surface area contributed by atoms with Gasteiger partial charge in [-0.25, -0.2) is 0 Å². The maximum Gasteiger partial charge on any atom is 0.268 e. The number of phosphoric acid groups is 1. The van der Waals surface area contributed by atoms with Crippen molar-refractivity contribution in [3.8, 4) is 0 Å². The summed E-state index contributed by atoms with van der Waals surface area (Å²) in [5, 5.41) is 13.9. The second-order valence-corrected chi connectivity index (χ2v) is 23.1. The van der Waals surface area contributed by atoms with Crippen molar-refractivity contribution in [2.75, 3.05) is 40.9 Å². The van der Waals surface area contributed by atoms with E-state index in [0.717, 1.165) is 44.9 Å². The average molecular weight is 982 g/mol. The Kier molecular flexibility index (Phi) is 50.1. The molecule has 0 spiro atoms. The molecule has 0 aliphatic carbocycles. The lowest BCUT2D eigenvalue weighted by atomic mass is 10.0. The molecule has 0 saturated carbocycles. The van der Waals surface area contributed by atoms with Gasteiger partial charge in [0.2, 0.25) is 5.91 Å². The van der Waals surface area contributed by atoms with E-state index in [9.17, 15) is 19.4 Å². The maximum atomic E-state index is 12.9. The molecule has 2 N–H and O–H groups in total. The summed E-state index contributed by atoms with van der Waals surface area (Å²) in [5.41, 5.74) is 0. The minimum Gasteiger partial charge on any atom is -0.756 e. The lowest BCUT2D eigenvalue weighted by Gasteiger charge is -2.30. The van der Waals surface area contributed by atoms with Crippen LogP contribution in [0.15, 0.2) is 24.3 Å². The van der Waals surface area contributed by atoms with E-state index in [1.165, 1.54) is 225 Å². The van der Waals surface area contributed by atoms with Crippen LogP contribution < -0.4 is 10.2 Å². The number of carbonyl (C=O) groups is 1. The van der Waals surface area contributed by atoms with Gasteiger partial charge in [-0.05, 0) is 44.9 Å². The molecule has 0 saturated heterocycles. The van der Waals surface area contributed by atoms with Gasteiger partial charge in [0.25, 0.3) is 7.82 Å². The normalized spacial score (nSPS) is 14.0. The van der Waals surface area contributed by atoms with E-state index >= 15 is 0 Å². The summed E-state index contributed by atoms with van der Waals surface area (Å²) in [7, 11) is 1.31. The zero-order chi connectivity index (χ0) is 49.9.